The van der Waals surface area contributed by atoms with E-state index in [2.05, 4.69) is 9.97 Å². The van der Waals surface area contributed by atoms with E-state index in [9.17, 15) is 9.59 Å². The summed E-state index contributed by atoms with van der Waals surface area (Å²) < 4.78 is 12.0. The quantitative estimate of drug-likeness (QED) is 0.312. The summed E-state index contributed by atoms with van der Waals surface area (Å²) in [7, 11) is 0. The molecule has 6 aromatic rings. The smallest absolute Gasteiger partial charge is 0.307 e. The van der Waals surface area contributed by atoms with Crippen LogP contribution < -0.4 is 0 Å². The van der Waals surface area contributed by atoms with Gasteiger partial charge in [-0.05, 0) is 58.3 Å². The molecule has 0 aliphatic heterocycles. The Kier molecular flexibility index (Phi) is 5.00. The summed E-state index contributed by atoms with van der Waals surface area (Å²) >= 11 is 0. The highest BCUT2D eigenvalue weighted by molar-refractivity contribution is 6.03. The second-order valence-electron chi connectivity index (χ2n) is 8.49. The number of aliphatic carboxylic acids is 2. The molecule has 0 aliphatic carbocycles. The van der Waals surface area contributed by atoms with Crippen LogP contribution in [0, 0.1) is 0 Å². The van der Waals surface area contributed by atoms with E-state index in [4.69, 9.17) is 19.0 Å². The number of hydrogen-bond donors (Lipinski definition) is 2. The molecule has 8 nitrogen and oxygen atoms in total. The van der Waals surface area contributed by atoms with Crippen LogP contribution in [0.25, 0.3) is 55.9 Å². The van der Waals surface area contributed by atoms with Crippen molar-refractivity contribution in [2.75, 3.05) is 0 Å². The van der Waals surface area contributed by atoms with E-state index in [1.807, 2.05) is 36.4 Å². The third kappa shape index (κ3) is 3.84. The van der Waals surface area contributed by atoms with Crippen molar-refractivity contribution in [3.63, 3.8) is 0 Å². The highest BCUT2D eigenvalue weighted by Crippen LogP contribution is 2.37. The lowest BCUT2D eigenvalue weighted by Gasteiger charge is -2.07. The lowest BCUT2D eigenvalue weighted by molar-refractivity contribution is -0.137. The van der Waals surface area contributed by atoms with Gasteiger partial charge in [-0.3, -0.25) is 9.59 Å². The van der Waals surface area contributed by atoms with Crippen LogP contribution in [-0.4, -0.2) is 32.1 Å². The van der Waals surface area contributed by atoms with Gasteiger partial charge < -0.3 is 19.0 Å². The summed E-state index contributed by atoms with van der Waals surface area (Å²) in [6.07, 6.45) is -0.171. The number of hydrogen-bond acceptors (Lipinski definition) is 6. The van der Waals surface area contributed by atoms with Crippen LogP contribution in [0.15, 0.2) is 81.6 Å². The molecule has 0 amide bonds. The third-order valence-corrected chi connectivity index (χ3v) is 6.00. The number of fused-ring (bicyclic) bond motifs is 3. The Hall–Kier alpha value is -4.98. The van der Waals surface area contributed by atoms with Gasteiger partial charge in [-0.2, -0.15) is 0 Å². The van der Waals surface area contributed by atoms with E-state index in [0.717, 1.165) is 21.9 Å². The van der Waals surface area contributed by atoms with Gasteiger partial charge in [0.25, 0.3) is 0 Å². The molecule has 2 aromatic heterocycles. The van der Waals surface area contributed by atoms with Crippen molar-refractivity contribution in [2.45, 2.75) is 12.8 Å². The Labute approximate surface area is 203 Å². The number of benzene rings is 4. The lowest BCUT2D eigenvalue weighted by atomic mass is 9.99. The largest absolute Gasteiger partial charge is 0.481 e. The molecule has 2 heterocycles. The zero-order valence-electron chi connectivity index (χ0n) is 18.8. The zero-order chi connectivity index (χ0) is 24.8. The second kappa shape index (κ2) is 8.35. The summed E-state index contributed by atoms with van der Waals surface area (Å²) in [5.41, 5.74) is 5.19. The Bertz CT molecular complexity index is 1680. The van der Waals surface area contributed by atoms with Crippen LogP contribution in [-0.2, 0) is 22.4 Å². The second-order valence-corrected chi connectivity index (χ2v) is 8.49. The summed E-state index contributed by atoms with van der Waals surface area (Å²) in [4.78, 5) is 31.4. The van der Waals surface area contributed by atoms with E-state index in [-0.39, 0.29) is 12.8 Å². The van der Waals surface area contributed by atoms with Gasteiger partial charge in [-0.1, -0.05) is 36.4 Å². The van der Waals surface area contributed by atoms with Crippen molar-refractivity contribution in [3.8, 4) is 22.9 Å². The first-order valence-electron chi connectivity index (χ1n) is 11.2. The van der Waals surface area contributed by atoms with Crippen LogP contribution in [0.3, 0.4) is 0 Å². The fourth-order valence-electron chi connectivity index (χ4n) is 4.42. The van der Waals surface area contributed by atoms with E-state index < -0.39 is 11.9 Å². The minimum Gasteiger partial charge on any atom is -0.481 e. The minimum atomic E-state index is -0.906. The maximum Gasteiger partial charge on any atom is 0.307 e. The maximum absolute atomic E-state index is 11.1. The highest BCUT2D eigenvalue weighted by Gasteiger charge is 2.18. The van der Waals surface area contributed by atoms with Crippen LogP contribution in [0.5, 0.6) is 0 Å². The number of carboxylic acid groups (broad SMARTS) is 2. The molecule has 0 unspecified atom stereocenters. The van der Waals surface area contributed by atoms with Crippen LogP contribution in [0.1, 0.15) is 11.1 Å². The first kappa shape index (κ1) is 21.5. The van der Waals surface area contributed by atoms with E-state index >= 15 is 0 Å². The molecule has 8 heteroatoms. The van der Waals surface area contributed by atoms with Crippen LogP contribution >= 0.6 is 0 Å². The normalized spacial score (nSPS) is 11.4. The summed E-state index contributed by atoms with van der Waals surface area (Å²) in [5.74, 6) is -0.957. The van der Waals surface area contributed by atoms with Gasteiger partial charge in [0.15, 0.2) is 11.2 Å². The molecule has 0 bridgehead atoms. The van der Waals surface area contributed by atoms with Gasteiger partial charge >= 0.3 is 11.9 Å². The molecule has 36 heavy (non-hydrogen) atoms. The van der Waals surface area contributed by atoms with E-state index in [1.54, 1.807) is 36.4 Å². The average molecular weight is 478 g/mol. The molecule has 0 radical (unpaired) electrons. The molecule has 0 aliphatic rings. The zero-order valence-corrected chi connectivity index (χ0v) is 18.8. The molecule has 0 saturated carbocycles. The van der Waals surface area contributed by atoms with Crippen LogP contribution in [0.4, 0.5) is 0 Å². The summed E-state index contributed by atoms with van der Waals surface area (Å²) in [6.45, 7) is 0. The Balaban J connectivity index is 1.45. The van der Waals surface area contributed by atoms with Gasteiger partial charge in [0.2, 0.25) is 11.8 Å². The van der Waals surface area contributed by atoms with Gasteiger partial charge in [-0.25, -0.2) is 9.97 Å². The topological polar surface area (TPSA) is 127 Å². The monoisotopic (exact) mass is 478 g/mol. The number of carboxylic acids is 2. The molecule has 2 N–H and O–H groups in total. The fourth-order valence-corrected chi connectivity index (χ4v) is 4.42. The molecular formula is C28H18N2O6. The average Bonchev–Trinajstić information content (AvgIpc) is 3.46. The van der Waals surface area contributed by atoms with E-state index in [0.29, 0.717) is 45.1 Å². The van der Waals surface area contributed by atoms with Crippen molar-refractivity contribution >= 4 is 44.9 Å². The maximum atomic E-state index is 11.1. The molecule has 4 aromatic carbocycles. The SMILES string of the molecule is O=C(O)Cc1ccc2oc(-c3ccc(-c4nc5cc(CC(=O)O)ccc5o4)c4ccccc34)nc2c1. The Morgan fingerprint density at radius 1 is 0.639 bits per heavy atom. The number of carbonyl (C=O) groups is 2. The van der Waals surface area contributed by atoms with E-state index in [1.165, 1.54) is 0 Å². The predicted molar refractivity (Wildman–Crippen MR) is 133 cm³/mol. The summed E-state index contributed by atoms with van der Waals surface area (Å²) in [5, 5.41) is 19.9. The Morgan fingerprint density at radius 2 is 1.08 bits per heavy atom. The molecule has 0 atom stereocenters. The van der Waals surface area contributed by atoms with Gasteiger partial charge in [0.05, 0.1) is 12.8 Å². The predicted octanol–water partition coefficient (Wildman–Crippen LogP) is 5.71. The molecule has 0 fully saturated rings. The van der Waals surface area contributed by atoms with Crippen LogP contribution in [0.2, 0.25) is 0 Å². The van der Waals surface area contributed by atoms with Gasteiger partial charge in [0.1, 0.15) is 11.0 Å². The van der Waals surface area contributed by atoms with Crippen molar-refractivity contribution in [1.82, 2.24) is 9.97 Å². The molecule has 6 rings (SSSR count). The van der Waals surface area contributed by atoms with Crippen molar-refractivity contribution in [1.29, 1.82) is 0 Å². The van der Waals surface area contributed by atoms with Gasteiger partial charge in [0, 0.05) is 11.1 Å². The molecule has 176 valence electrons. The highest BCUT2D eigenvalue weighted by atomic mass is 16.4. The first-order chi connectivity index (χ1) is 17.4. The molecule has 0 saturated heterocycles. The fraction of sp³-hybridized carbons (Fsp3) is 0.0714. The van der Waals surface area contributed by atoms with Crippen molar-refractivity contribution in [2.24, 2.45) is 0 Å². The molecular weight excluding hydrogens is 460 g/mol. The van der Waals surface area contributed by atoms with Gasteiger partial charge in [-0.15, -0.1) is 0 Å². The number of aromatic nitrogens is 2. The summed E-state index contributed by atoms with van der Waals surface area (Å²) in [6, 6.07) is 21.9. The Morgan fingerprint density at radius 3 is 1.50 bits per heavy atom. The minimum absolute atomic E-state index is 0.0853. The number of oxazole rings is 2. The lowest BCUT2D eigenvalue weighted by Crippen LogP contribution is -1.99. The standard InChI is InChI=1S/C28H18N2O6/c31-25(32)13-15-5-9-23-21(11-15)29-27(35-23)19-7-8-20(18-4-2-1-3-17(18)19)28-30-22-12-16(14-26(33)34)6-10-24(22)36-28/h1-12H,13-14H2,(H,31,32)(H,33,34). The third-order valence-electron chi connectivity index (χ3n) is 6.00. The van der Waals surface area contributed by atoms with Crippen molar-refractivity contribution in [3.05, 3.63) is 83.9 Å². The molecule has 0 spiro atoms. The number of rotatable bonds is 6. The first-order valence-corrected chi connectivity index (χ1v) is 11.2. The van der Waals surface area contributed by atoms with Crippen molar-refractivity contribution < 1.29 is 28.6 Å². The number of nitrogens with zero attached hydrogens (tertiary/aromatic N) is 2.